The van der Waals surface area contributed by atoms with Crippen molar-refractivity contribution in [3.63, 3.8) is 0 Å². The van der Waals surface area contributed by atoms with E-state index in [1.807, 2.05) is 25.1 Å². The standard InChI is InChI=1S/C18H28N6O.2CH2O2/c1-5-17-19-14(3)16(20-17)12-23-7-6-8-24(10-9-23)18(25)15-11-22(4)21-13(15)2;2*2-1-3/h11H,5-10,12H2,1-4H3,(H,19,20);2*1H,(H,2,3). The Bertz CT molecular complexity index is 841. The van der Waals surface area contributed by atoms with Gasteiger partial charge in [0.2, 0.25) is 0 Å². The predicted octanol–water partition coefficient (Wildman–Crippen LogP) is 1.07. The van der Waals surface area contributed by atoms with Crippen LogP contribution in [-0.2, 0) is 29.6 Å². The normalized spacial score (nSPS) is 13.9. The average molecular weight is 437 g/mol. The number of nitrogens with one attached hydrogen (secondary N) is 1. The molecule has 0 atom stereocenters. The highest BCUT2D eigenvalue weighted by Gasteiger charge is 2.23. The average Bonchev–Trinajstić information content (AvgIpc) is 3.14. The van der Waals surface area contributed by atoms with E-state index in [-0.39, 0.29) is 18.9 Å². The molecular weight excluding hydrogens is 404 g/mol. The largest absolute Gasteiger partial charge is 0.483 e. The number of rotatable bonds is 4. The molecule has 0 aliphatic carbocycles. The van der Waals surface area contributed by atoms with Crippen LogP contribution in [-0.4, -0.2) is 84.8 Å². The minimum atomic E-state index is -0.250. The van der Waals surface area contributed by atoms with Gasteiger partial charge in [0.25, 0.3) is 18.9 Å². The number of imidazole rings is 1. The van der Waals surface area contributed by atoms with Gasteiger partial charge in [-0.2, -0.15) is 5.10 Å². The summed E-state index contributed by atoms with van der Waals surface area (Å²) in [7, 11) is 1.85. The Morgan fingerprint density at radius 1 is 1.16 bits per heavy atom. The Balaban J connectivity index is 0.000000720. The van der Waals surface area contributed by atoms with Gasteiger partial charge in [-0.15, -0.1) is 0 Å². The summed E-state index contributed by atoms with van der Waals surface area (Å²) in [5.74, 6) is 1.14. The summed E-state index contributed by atoms with van der Waals surface area (Å²) in [6, 6.07) is 0. The maximum Gasteiger partial charge on any atom is 0.290 e. The van der Waals surface area contributed by atoms with Crippen molar-refractivity contribution >= 4 is 18.9 Å². The highest BCUT2D eigenvalue weighted by atomic mass is 16.3. The molecule has 3 rings (SSSR count). The number of H-pyrrole nitrogens is 1. The number of carbonyl (C=O) groups is 3. The lowest BCUT2D eigenvalue weighted by Gasteiger charge is -2.21. The molecule has 1 aliphatic rings. The molecule has 31 heavy (non-hydrogen) atoms. The van der Waals surface area contributed by atoms with Crippen molar-refractivity contribution in [1.29, 1.82) is 0 Å². The summed E-state index contributed by atoms with van der Waals surface area (Å²) < 4.78 is 1.71. The van der Waals surface area contributed by atoms with E-state index in [1.54, 1.807) is 4.68 Å². The van der Waals surface area contributed by atoms with Crippen molar-refractivity contribution in [3.8, 4) is 0 Å². The monoisotopic (exact) mass is 436 g/mol. The van der Waals surface area contributed by atoms with E-state index in [2.05, 4.69) is 33.8 Å². The van der Waals surface area contributed by atoms with Crippen LogP contribution in [0.25, 0.3) is 0 Å². The van der Waals surface area contributed by atoms with Gasteiger partial charge >= 0.3 is 0 Å². The van der Waals surface area contributed by atoms with Gasteiger partial charge in [0.15, 0.2) is 0 Å². The second-order valence-corrected chi connectivity index (χ2v) is 7.04. The van der Waals surface area contributed by atoms with Crippen LogP contribution in [0.5, 0.6) is 0 Å². The van der Waals surface area contributed by atoms with Crippen LogP contribution in [0, 0.1) is 13.8 Å². The molecule has 1 amide bonds. The molecule has 0 bridgehead atoms. The molecule has 0 radical (unpaired) electrons. The zero-order valence-corrected chi connectivity index (χ0v) is 18.5. The molecule has 11 nitrogen and oxygen atoms in total. The van der Waals surface area contributed by atoms with Gasteiger partial charge < -0.3 is 20.1 Å². The van der Waals surface area contributed by atoms with E-state index < -0.39 is 0 Å². The van der Waals surface area contributed by atoms with Gasteiger partial charge in [-0.3, -0.25) is 24.0 Å². The van der Waals surface area contributed by atoms with Crippen molar-refractivity contribution in [1.82, 2.24) is 29.5 Å². The molecule has 2 aromatic rings. The number of hydrogen-bond acceptors (Lipinski definition) is 6. The summed E-state index contributed by atoms with van der Waals surface area (Å²) in [6.45, 7) is 9.83. The number of aryl methyl sites for hydroxylation is 4. The summed E-state index contributed by atoms with van der Waals surface area (Å²) >= 11 is 0. The number of carboxylic acid groups (broad SMARTS) is 2. The predicted molar refractivity (Wildman–Crippen MR) is 114 cm³/mol. The third kappa shape index (κ3) is 7.85. The number of aromatic nitrogens is 4. The molecule has 0 unspecified atom stereocenters. The van der Waals surface area contributed by atoms with Crippen molar-refractivity contribution in [3.05, 3.63) is 34.7 Å². The highest BCUT2D eigenvalue weighted by molar-refractivity contribution is 5.95. The van der Waals surface area contributed by atoms with Gasteiger partial charge in [0, 0.05) is 58.1 Å². The second-order valence-electron chi connectivity index (χ2n) is 7.04. The molecule has 11 heteroatoms. The first-order chi connectivity index (χ1) is 14.8. The fourth-order valence-corrected chi connectivity index (χ4v) is 3.41. The van der Waals surface area contributed by atoms with Crippen molar-refractivity contribution < 1.29 is 24.6 Å². The Kier molecular flexibility index (Phi) is 11.0. The van der Waals surface area contributed by atoms with E-state index in [0.717, 1.165) is 68.5 Å². The Labute approximate surface area is 181 Å². The first-order valence-corrected chi connectivity index (χ1v) is 10.0. The fraction of sp³-hybridized carbons (Fsp3) is 0.550. The molecule has 0 aromatic carbocycles. The molecule has 2 aromatic heterocycles. The number of nitrogens with zero attached hydrogens (tertiary/aromatic N) is 5. The number of carbonyl (C=O) groups excluding carboxylic acids is 1. The molecular formula is C20H32N6O5. The van der Waals surface area contributed by atoms with Gasteiger partial charge in [-0.1, -0.05) is 6.92 Å². The van der Waals surface area contributed by atoms with E-state index in [0.29, 0.717) is 5.56 Å². The highest BCUT2D eigenvalue weighted by Crippen LogP contribution is 2.14. The van der Waals surface area contributed by atoms with Crippen LogP contribution in [0.2, 0.25) is 0 Å². The van der Waals surface area contributed by atoms with Crippen LogP contribution in [0.4, 0.5) is 0 Å². The quantitative estimate of drug-likeness (QED) is 0.604. The van der Waals surface area contributed by atoms with Gasteiger partial charge in [-0.05, 0) is 20.3 Å². The third-order valence-corrected chi connectivity index (χ3v) is 4.86. The van der Waals surface area contributed by atoms with E-state index in [1.165, 1.54) is 0 Å². The minimum absolute atomic E-state index is 0.0941. The van der Waals surface area contributed by atoms with Crippen molar-refractivity contribution in [2.24, 2.45) is 7.05 Å². The smallest absolute Gasteiger partial charge is 0.290 e. The Morgan fingerprint density at radius 2 is 1.81 bits per heavy atom. The zero-order valence-electron chi connectivity index (χ0n) is 18.5. The van der Waals surface area contributed by atoms with Crippen LogP contribution < -0.4 is 0 Å². The summed E-state index contributed by atoms with van der Waals surface area (Å²) in [4.78, 5) is 41.9. The van der Waals surface area contributed by atoms with Crippen LogP contribution in [0.3, 0.4) is 0 Å². The topological polar surface area (TPSA) is 145 Å². The van der Waals surface area contributed by atoms with Crippen molar-refractivity contribution in [2.45, 2.75) is 40.2 Å². The SMILES string of the molecule is CCc1nc(CN2CCCN(C(=O)c3cn(C)nc3C)CC2)c(C)[nH]1.O=CO.O=CO. The molecule has 0 spiro atoms. The van der Waals surface area contributed by atoms with E-state index in [4.69, 9.17) is 19.8 Å². The lowest BCUT2D eigenvalue weighted by atomic mass is 10.2. The van der Waals surface area contributed by atoms with E-state index >= 15 is 0 Å². The summed E-state index contributed by atoms with van der Waals surface area (Å²) in [6.07, 6.45) is 3.72. The maximum absolute atomic E-state index is 12.8. The van der Waals surface area contributed by atoms with E-state index in [9.17, 15) is 4.79 Å². The Hall–Kier alpha value is -3.21. The van der Waals surface area contributed by atoms with Gasteiger partial charge in [-0.25, -0.2) is 4.98 Å². The minimum Gasteiger partial charge on any atom is -0.483 e. The van der Waals surface area contributed by atoms with Gasteiger partial charge in [0.05, 0.1) is 17.0 Å². The van der Waals surface area contributed by atoms with Crippen LogP contribution in [0.15, 0.2) is 6.20 Å². The maximum atomic E-state index is 12.8. The third-order valence-electron chi connectivity index (χ3n) is 4.86. The first-order valence-electron chi connectivity index (χ1n) is 10.0. The molecule has 3 heterocycles. The molecule has 172 valence electrons. The number of amides is 1. The zero-order chi connectivity index (χ0) is 23.4. The number of aromatic amines is 1. The molecule has 0 saturated carbocycles. The lowest BCUT2D eigenvalue weighted by Crippen LogP contribution is -2.35. The van der Waals surface area contributed by atoms with Crippen LogP contribution in [0.1, 0.15) is 46.6 Å². The summed E-state index contributed by atoms with van der Waals surface area (Å²) in [5, 5.41) is 18.1. The molecule has 1 fully saturated rings. The lowest BCUT2D eigenvalue weighted by molar-refractivity contribution is -0.123. The first kappa shape index (κ1) is 25.8. The van der Waals surface area contributed by atoms with Gasteiger partial charge in [0.1, 0.15) is 5.82 Å². The van der Waals surface area contributed by atoms with Crippen molar-refractivity contribution in [2.75, 3.05) is 26.2 Å². The molecule has 1 saturated heterocycles. The molecule has 1 aliphatic heterocycles. The summed E-state index contributed by atoms with van der Waals surface area (Å²) in [5.41, 5.74) is 3.79. The number of hydrogen-bond donors (Lipinski definition) is 3. The second kappa shape index (κ2) is 13.2. The fourth-order valence-electron chi connectivity index (χ4n) is 3.41. The van der Waals surface area contributed by atoms with Crippen LogP contribution >= 0.6 is 0 Å². The molecule has 3 N–H and O–H groups in total. The Morgan fingerprint density at radius 3 is 2.32 bits per heavy atom.